The third-order valence-electron chi connectivity index (χ3n) is 1.64. The fourth-order valence-corrected chi connectivity index (χ4v) is 1.63. The van der Waals surface area contributed by atoms with Gasteiger partial charge in [-0.3, -0.25) is 0 Å². The van der Waals surface area contributed by atoms with Gasteiger partial charge >= 0.3 is 5.97 Å². The van der Waals surface area contributed by atoms with Crippen molar-refractivity contribution in [1.29, 1.82) is 0 Å². The fourth-order valence-electron chi connectivity index (χ4n) is 0.924. The van der Waals surface area contributed by atoms with E-state index in [1.165, 1.54) is 18.4 Å². The molecule has 0 bridgehead atoms. The van der Waals surface area contributed by atoms with E-state index in [2.05, 4.69) is 19.7 Å². The smallest absolute Gasteiger partial charge is 0.357 e. The molecule has 0 atom stereocenters. The van der Waals surface area contributed by atoms with E-state index in [0.29, 0.717) is 18.7 Å². The third-order valence-corrected chi connectivity index (χ3v) is 2.45. The molecule has 6 nitrogen and oxygen atoms in total. The Hall–Kier alpha value is -1.85. The number of hydrogen-bond acceptors (Lipinski definition) is 5. The molecule has 0 saturated heterocycles. The Morgan fingerprint density at radius 2 is 2.62 bits per heavy atom. The molecule has 1 aromatic rings. The van der Waals surface area contributed by atoms with Gasteiger partial charge in [0.2, 0.25) is 0 Å². The summed E-state index contributed by atoms with van der Waals surface area (Å²) in [5, 5.41) is 5.75. The van der Waals surface area contributed by atoms with Crippen LogP contribution in [0.2, 0.25) is 0 Å². The van der Waals surface area contributed by atoms with Crippen LogP contribution in [-0.2, 0) is 4.74 Å². The molecule has 0 fully saturated rings. The highest BCUT2D eigenvalue weighted by molar-refractivity contribution is 7.10. The standard InChI is InChI=1S/C9H10N4O2S/c1-15-9(14)7-6-16-8(12-7)4-2-3-5-11-13-10/h2,4,6H,3,5H2,1H3. The summed E-state index contributed by atoms with van der Waals surface area (Å²) < 4.78 is 4.53. The molecule has 16 heavy (non-hydrogen) atoms. The number of carbonyl (C=O) groups is 1. The van der Waals surface area contributed by atoms with E-state index in [-0.39, 0.29) is 0 Å². The van der Waals surface area contributed by atoms with E-state index in [4.69, 9.17) is 5.53 Å². The van der Waals surface area contributed by atoms with Gasteiger partial charge < -0.3 is 4.74 Å². The maximum atomic E-state index is 11.1. The van der Waals surface area contributed by atoms with E-state index in [0.717, 1.165) is 5.01 Å². The summed E-state index contributed by atoms with van der Waals surface area (Å²) in [6, 6.07) is 0. The highest BCUT2D eigenvalue weighted by Gasteiger charge is 2.08. The van der Waals surface area contributed by atoms with Gasteiger partial charge in [0.25, 0.3) is 0 Å². The first-order chi connectivity index (χ1) is 7.77. The van der Waals surface area contributed by atoms with Crippen molar-refractivity contribution in [1.82, 2.24) is 4.98 Å². The van der Waals surface area contributed by atoms with Crippen molar-refractivity contribution in [3.05, 3.63) is 32.6 Å². The second kappa shape index (κ2) is 6.60. The summed E-state index contributed by atoms with van der Waals surface area (Å²) in [4.78, 5) is 17.8. The number of hydrogen-bond donors (Lipinski definition) is 0. The van der Waals surface area contributed by atoms with Crippen LogP contribution in [0, 0.1) is 0 Å². The Kier molecular flexibility index (Phi) is 5.04. The average Bonchev–Trinajstić information content (AvgIpc) is 2.76. The molecule has 84 valence electrons. The number of methoxy groups -OCH3 is 1. The van der Waals surface area contributed by atoms with Crippen LogP contribution in [0.5, 0.6) is 0 Å². The third kappa shape index (κ3) is 3.72. The minimum atomic E-state index is -0.440. The number of aromatic nitrogens is 1. The lowest BCUT2D eigenvalue weighted by Crippen LogP contribution is -2.00. The van der Waals surface area contributed by atoms with Gasteiger partial charge in [-0.15, -0.1) is 11.3 Å². The van der Waals surface area contributed by atoms with Crippen molar-refractivity contribution in [2.45, 2.75) is 6.42 Å². The molecule has 0 radical (unpaired) electrons. The molecule has 0 spiro atoms. The molecule has 0 aliphatic carbocycles. The number of rotatable bonds is 5. The van der Waals surface area contributed by atoms with Gasteiger partial charge in [0.05, 0.1) is 7.11 Å². The molecule has 0 amide bonds. The molecule has 1 heterocycles. The first kappa shape index (κ1) is 12.2. The van der Waals surface area contributed by atoms with Crippen LogP contribution in [0.4, 0.5) is 0 Å². The monoisotopic (exact) mass is 238 g/mol. The van der Waals surface area contributed by atoms with Crippen molar-refractivity contribution in [3.63, 3.8) is 0 Å². The predicted octanol–water partition coefficient (Wildman–Crippen LogP) is 2.64. The largest absolute Gasteiger partial charge is 0.464 e. The summed E-state index contributed by atoms with van der Waals surface area (Å²) in [6.07, 6.45) is 4.27. The summed E-state index contributed by atoms with van der Waals surface area (Å²) in [6.45, 7) is 0.419. The second-order valence-corrected chi connectivity index (χ2v) is 3.60. The van der Waals surface area contributed by atoms with Crippen molar-refractivity contribution < 1.29 is 9.53 Å². The van der Waals surface area contributed by atoms with E-state index in [9.17, 15) is 4.79 Å². The van der Waals surface area contributed by atoms with Crippen LogP contribution in [0.25, 0.3) is 16.5 Å². The highest BCUT2D eigenvalue weighted by Crippen LogP contribution is 2.12. The van der Waals surface area contributed by atoms with Gasteiger partial charge in [0.1, 0.15) is 5.01 Å². The van der Waals surface area contributed by atoms with E-state index >= 15 is 0 Å². The zero-order valence-corrected chi connectivity index (χ0v) is 9.48. The Balaban J connectivity index is 2.51. The molecule has 0 unspecified atom stereocenters. The second-order valence-electron chi connectivity index (χ2n) is 2.71. The zero-order valence-electron chi connectivity index (χ0n) is 8.66. The summed E-state index contributed by atoms with van der Waals surface area (Å²) in [7, 11) is 1.32. The molecule has 1 aromatic heterocycles. The first-order valence-corrected chi connectivity index (χ1v) is 5.37. The number of esters is 1. The molecule has 0 aliphatic heterocycles. The minimum absolute atomic E-state index is 0.308. The lowest BCUT2D eigenvalue weighted by molar-refractivity contribution is 0.0595. The van der Waals surface area contributed by atoms with Crippen LogP contribution in [-0.4, -0.2) is 24.6 Å². The van der Waals surface area contributed by atoms with Gasteiger partial charge in [-0.05, 0) is 18.0 Å². The SMILES string of the molecule is COC(=O)c1csc(C=CCCN=[N+]=[N-])n1. The van der Waals surface area contributed by atoms with Crippen molar-refractivity contribution in [2.24, 2.45) is 5.11 Å². The Labute approximate surface area is 96.2 Å². The average molecular weight is 238 g/mol. The zero-order chi connectivity index (χ0) is 11.8. The maximum absolute atomic E-state index is 11.1. The molecule has 7 heteroatoms. The number of azide groups is 1. The van der Waals surface area contributed by atoms with Crippen LogP contribution in [0.15, 0.2) is 16.6 Å². The van der Waals surface area contributed by atoms with Crippen LogP contribution < -0.4 is 0 Å². The number of ether oxygens (including phenoxy) is 1. The molecule has 1 rings (SSSR count). The summed E-state index contributed by atoms with van der Waals surface area (Å²) in [5.74, 6) is -0.440. The van der Waals surface area contributed by atoms with Crippen LogP contribution >= 0.6 is 11.3 Å². The van der Waals surface area contributed by atoms with Crippen molar-refractivity contribution in [2.75, 3.05) is 13.7 Å². The Bertz CT molecular complexity index is 434. The Morgan fingerprint density at radius 1 is 1.81 bits per heavy atom. The summed E-state index contributed by atoms with van der Waals surface area (Å²) >= 11 is 1.35. The lowest BCUT2D eigenvalue weighted by atomic mass is 10.4. The number of nitrogens with zero attached hydrogens (tertiary/aromatic N) is 4. The molecule has 0 aliphatic rings. The molecular formula is C9H10N4O2S. The fraction of sp³-hybridized carbons (Fsp3) is 0.333. The normalized spacial score (nSPS) is 10.1. The van der Waals surface area contributed by atoms with Crippen molar-refractivity contribution in [3.8, 4) is 0 Å². The molecular weight excluding hydrogens is 228 g/mol. The Morgan fingerprint density at radius 3 is 3.31 bits per heavy atom. The van der Waals surface area contributed by atoms with Crippen molar-refractivity contribution >= 4 is 23.4 Å². The van der Waals surface area contributed by atoms with Gasteiger partial charge in [-0.1, -0.05) is 11.2 Å². The minimum Gasteiger partial charge on any atom is -0.464 e. The topological polar surface area (TPSA) is 88.0 Å². The van der Waals surface area contributed by atoms with Crippen LogP contribution in [0.1, 0.15) is 21.9 Å². The maximum Gasteiger partial charge on any atom is 0.357 e. The van der Waals surface area contributed by atoms with Gasteiger partial charge in [0, 0.05) is 16.8 Å². The van der Waals surface area contributed by atoms with Gasteiger partial charge in [-0.25, -0.2) is 9.78 Å². The quantitative estimate of drug-likeness (QED) is 0.260. The highest BCUT2D eigenvalue weighted by atomic mass is 32.1. The van der Waals surface area contributed by atoms with E-state index in [1.807, 2.05) is 6.08 Å². The van der Waals surface area contributed by atoms with Crippen LogP contribution in [0.3, 0.4) is 0 Å². The summed E-state index contributed by atoms with van der Waals surface area (Å²) in [5.41, 5.74) is 8.35. The molecule has 0 N–H and O–H groups in total. The molecule has 0 saturated carbocycles. The van der Waals surface area contributed by atoms with E-state index in [1.54, 1.807) is 11.5 Å². The van der Waals surface area contributed by atoms with Gasteiger partial charge in [0.15, 0.2) is 5.69 Å². The lowest BCUT2D eigenvalue weighted by Gasteiger charge is -1.90. The molecule has 0 aromatic carbocycles. The number of thiazole rings is 1. The number of carbonyl (C=O) groups excluding carboxylic acids is 1. The van der Waals surface area contributed by atoms with Gasteiger partial charge in [-0.2, -0.15) is 0 Å². The predicted molar refractivity (Wildman–Crippen MR) is 61.1 cm³/mol. The first-order valence-electron chi connectivity index (χ1n) is 4.49. The van der Waals surface area contributed by atoms with E-state index < -0.39 is 5.97 Å².